The molecule has 6 atom stereocenters. The summed E-state index contributed by atoms with van der Waals surface area (Å²) in [5.74, 6) is 1.45. The number of methoxy groups -OCH3 is 2. The molecule has 0 radical (unpaired) electrons. The number of hydrogen-bond donors (Lipinski definition) is 5. The van der Waals surface area contributed by atoms with Gasteiger partial charge < -0.3 is 49.2 Å². The van der Waals surface area contributed by atoms with E-state index in [1.807, 2.05) is 12.1 Å². The first-order valence-corrected chi connectivity index (χ1v) is 10.5. The Hall–Kier alpha value is -2.76. The topological polar surface area (TPSA) is 147 Å². The molecule has 1 saturated heterocycles. The number of hydrogen-bond acceptors (Lipinski definition) is 10. The second-order valence-corrected chi connectivity index (χ2v) is 8.04. The molecule has 2 aromatic rings. The zero-order valence-electron chi connectivity index (χ0n) is 18.2. The predicted molar refractivity (Wildman–Crippen MR) is 114 cm³/mol. The van der Waals surface area contributed by atoms with Crippen LogP contribution < -0.4 is 18.9 Å². The lowest BCUT2D eigenvalue weighted by molar-refractivity contribution is -0.277. The third kappa shape index (κ3) is 4.40. The monoisotopic (exact) mass is 464 g/mol. The van der Waals surface area contributed by atoms with E-state index in [-0.39, 0.29) is 11.7 Å². The number of aliphatic hydroxyl groups excluding tert-OH is 4. The van der Waals surface area contributed by atoms with E-state index in [0.29, 0.717) is 36.0 Å². The Balaban J connectivity index is 1.50. The Morgan fingerprint density at radius 1 is 1.00 bits per heavy atom. The summed E-state index contributed by atoms with van der Waals surface area (Å²) in [7, 11) is 2.95. The summed E-state index contributed by atoms with van der Waals surface area (Å²) < 4.78 is 27.6. The van der Waals surface area contributed by atoms with Gasteiger partial charge in [-0.15, -0.1) is 0 Å². The fraction of sp³-hybridized carbons (Fsp3) is 0.478. The minimum Gasteiger partial charge on any atom is -0.502 e. The first-order chi connectivity index (χ1) is 15.9. The number of rotatable bonds is 6. The zero-order valence-corrected chi connectivity index (χ0v) is 18.2. The van der Waals surface area contributed by atoms with Crippen LogP contribution >= 0.6 is 0 Å². The van der Waals surface area contributed by atoms with Crippen LogP contribution in [0.3, 0.4) is 0 Å². The van der Waals surface area contributed by atoms with Crippen molar-refractivity contribution in [2.75, 3.05) is 27.4 Å². The highest BCUT2D eigenvalue weighted by atomic mass is 16.7. The Kier molecular flexibility index (Phi) is 6.82. The second kappa shape index (κ2) is 9.62. The fourth-order valence-corrected chi connectivity index (χ4v) is 4.19. The van der Waals surface area contributed by atoms with E-state index in [1.54, 1.807) is 18.2 Å². The SMILES string of the molecule is COc1ccc([C@H]2COc3cc(O[C@H]4O[C@H](CO)[C@H](O)[C@H](O)[C@H]4O)ccc3C2)c(OC)c1O. The summed E-state index contributed by atoms with van der Waals surface area (Å²) in [4.78, 5) is 0. The highest BCUT2D eigenvalue weighted by molar-refractivity contribution is 5.56. The number of benzene rings is 2. The third-order valence-corrected chi connectivity index (χ3v) is 6.03. The highest BCUT2D eigenvalue weighted by Gasteiger charge is 2.44. The van der Waals surface area contributed by atoms with Gasteiger partial charge in [-0.2, -0.15) is 0 Å². The highest BCUT2D eigenvalue weighted by Crippen LogP contribution is 2.44. The van der Waals surface area contributed by atoms with Crippen LogP contribution in [0.1, 0.15) is 17.0 Å². The second-order valence-electron chi connectivity index (χ2n) is 8.04. The quantitative estimate of drug-likeness (QED) is 0.405. The molecule has 10 heteroatoms. The van der Waals surface area contributed by atoms with Gasteiger partial charge in [-0.05, 0) is 24.1 Å². The van der Waals surface area contributed by atoms with Crippen molar-refractivity contribution in [1.82, 2.24) is 0 Å². The lowest BCUT2D eigenvalue weighted by atomic mass is 9.89. The minimum absolute atomic E-state index is 0.0634. The van der Waals surface area contributed by atoms with Crippen LogP contribution in [0.5, 0.6) is 28.7 Å². The summed E-state index contributed by atoms with van der Waals surface area (Å²) >= 11 is 0. The maximum absolute atomic E-state index is 10.4. The summed E-state index contributed by atoms with van der Waals surface area (Å²) in [6, 6.07) is 8.66. The van der Waals surface area contributed by atoms with E-state index >= 15 is 0 Å². The first kappa shape index (κ1) is 23.4. The van der Waals surface area contributed by atoms with E-state index < -0.39 is 37.3 Å². The van der Waals surface area contributed by atoms with Crippen LogP contribution in [0.25, 0.3) is 0 Å². The maximum Gasteiger partial charge on any atom is 0.229 e. The lowest BCUT2D eigenvalue weighted by Gasteiger charge is -2.39. The van der Waals surface area contributed by atoms with Crippen LogP contribution in [-0.2, 0) is 11.2 Å². The van der Waals surface area contributed by atoms with Crippen LogP contribution in [0.2, 0.25) is 0 Å². The molecular formula is C23H28O10. The molecule has 2 aromatic carbocycles. The molecule has 0 saturated carbocycles. The normalized spacial score (nSPS) is 29.0. The molecule has 2 aliphatic rings. The maximum atomic E-state index is 10.4. The number of aromatic hydroxyl groups is 1. The molecule has 4 rings (SSSR count). The standard InChI is InChI=1S/C23H28O10/c1-29-15-6-5-14(22(30-2)19(15)26)12-7-11-3-4-13(8-16(11)31-10-12)32-23-21(28)20(27)18(25)17(9-24)33-23/h3-6,8,12,17-18,20-21,23-28H,7,9-10H2,1-2H3/t12-,17-,18+,20+,21-,23+/m1/s1. The van der Waals surface area contributed by atoms with Crippen molar-refractivity contribution in [3.05, 3.63) is 41.5 Å². The van der Waals surface area contributed by atoms with Gasteiger partial charge in [0.25, 0.3) is 0 Å². The number of aliphatic hydroxyl groups is 4. The average molecular weight is 464 g/mol. The molecule has 0 spiro atoms. The molecule has 0 bridgehead atoms. The van der Waals surface area contributed by atoms with Gasteiger partial charge in [-0.1, -0.05) is 12.1 Å². The molecule has 5 N–H and O–H groups in total. The van der Waals surface area contributed by atoms with Gasteiger partial charge in [0.15, 0.2) is 11.5 Å². The fourth-order valence-electron chi connectivity index (χ4n) is 4.19. The van der Waals surface area contributed by atoms with Crippen molar-refractivity contribution in [1.29, 1.82) is 0 Å². The Labute approximate surface area is 190 Å². The molecular weight excluding hydrogens is 436 g/mol. The summed E-state index contributed by atoms with van der Waals surface area (Å²) in [6.07, 6.45) is -6.19. The lowest BCUT2D eigenvalue weighted by Crippen LogP contribution is -2.60. The van der Waals surface area contributed by atoms with E-state index in [2.05, 4.69) is 0 Å². The molecule has 0 aliphatic carbocycles. The molecule has 1 fully saturated rings. The van der Waals surface area contributed by atoms with Crippen LogP contribution in [0.15, 0.2) is 30.3 Å². The number of phenolic OH excluding ortho intramolecular Hbond substituents is 1. The van der Waals surface area contributed by atoms with Gasteiger partial charge in [-0.3, -0.25) is 0 Å². The average Bonchev–Trinajstić information content (AvgIpc) is 2.83. The van der Waals surface area contributed by atoms with Gasteiger partial charge in [0.05, 0.1) is 27.4 Å². The van der Waals surface area contributed by atoms with Crippen molar-refractivity contribution in [3.8, 4) is 28.7 Å². The van der Waals surface area contributed by atoms with Crippen molar-refractivity contribution in [3.63, 3.8) is 0 Å². The number of phenols is 1. The minimum atomic E-state index is -1.52. The van der Waals surface area contributed by atoms with Crippen molar-refractivity contribution < 1.29 is 49.2 Å². The van der Waals surface area contributed by atoms with Gasteiger partial charge in [0, 0.05) is 17.5 Å². The summed E-state index contributed by atoms with van der Waals surface area (Å²) in [6.45, 7) is -0.206. The van der Waals surface area contributed by atoms with Crippen LogP contribution in [-0.4, -0.2) is 83.7 Å². The molecule has 2 aliphatic heterocycles. The van der Waals surface area contributed by atoms with Crippen LogP contribution in [0.4, 0.5) is 0 Å². The molecule has 0 amide bonds. The van der Waals surface area contributed by atoms with E-state index in [1.165, 1.54) is 14.2 Å². The van der Waals surface area contributed by atoms with E-state index in [9.17, 15) is 25.5 Å². The smallest absolute Gasteiger partial charge is 0.229 e. The van der Waals surface area contributed by atoms with Gasteiger partial charge in [0.2, 0.25) is 12.0 Å². The largest absolute Gasteiger partial charge is 0.502 e. The van der Waals surface area contributed by atoms with E-state index in [0.717, 1.165) is 11.1 Å². The molecule has 0 unspecified atom stereocenters. The molecule has 33 heavy (non-hydrogen) atoms. The zero-order chi connectivity index (χ0) is 23.7. The summed E-state index contributed by atoms with van der Waals surface area (Å²) in [5, 5.41) is 49.7. The first-order valence-electron chi connectivity index (χ1n) is 10.5. The van der Waals surface area contributed by atoms with Crippen molar-refractivity contribution in [2.24, 2.45) is 0 Å². The summed E-state index contributed by atoms with van der Waals surface area (Å²) in [5.41, 5.74) is 1.70. The molecule has 2 heterocycles. The molecule has 180 valence electrons. The number of ether oxygens (including phenoxy) is 5. The number of fused-ring (bicyclic) bond motifs is 1. The predicted octanol–water partition coefficient (Wildman–Crippen LogP) is 0.307. The molecule has 10 nitrogen and oxygen atoms in total. The van der Waals surface area contributed by atoms with Gasteiger partial charge in [0.1, 0.15) is 35.9 Å². The Morgan fingerprint density at radius 3 is 2.48 bits per heavy atom. The van der Waals surface area contributed by atoms with Crippen LogP contribution in [0, 0.1) is 0 Å². The van der Waals surface area contributed by atoms with Crippen molar-refractivity contribution >= 4 is 0 Å². The van der Waals surface area contributed by atoms with Crippen molar-refractivity contribution in [2.45, 2.75) is 43.0 Å². The Bertz CT molecular complexity index is 978. The molecule has 0 aromatic heterocycles. The van der Waals surface area contributed by atoms with Gasteiger partial charge in [-0.25, -0.2) is 0 Å². The van der Waals surface area contributed by atoms with E-state index in [4.69, 9.17) is 23.7 Å². The Morgan fingerprint density at radius 2 is 1.79 bits per heavy atom. The van der Waals surface area contributed by atoms with Gasteiger partial charge >= 0.3 is 0 Å². The third-order valence-electron chi connectivity index (χ3n) is 6.03.